The average Bonchev–Trinajstić information content (AvgIpc) is 3.44. The summed E-state index contributed by atoms with van der Waals surface area (Å²) in [6.07, 6.45) is 11.0. The summed E-state index contributed by atoms with van der Waals surface area (Å²) >= 11 is 0. The maximum atomic E-state index is 12.0. The lowest BCUT2D eigenvalue weighted by atomic mass is 9.50. The molecule has 0 unspecified atom stereocenters. The van der Waals surface area contributed by atoms with E-state index in [9.17, 15) is 9.90 Å². The van der Waals surface area contributed by atoms with E-state index in [4.69, 9.17) is 18.9 Å². The minimum Gasteiger partial charge on any atom is -0.481 e. The van der Waals surface area contributed by atoms with Crippen molar-refractivity contribution >= 4 is 5.97 Å². The molecule has 30 heavy (non-hydrogen) atoms. The summed E-state index contributed by atoms with van der Waals surface area (Å²) in [5.41, 5.74) is 2.17. The molecule has 0 aromatic carbocycles. The largest absolute Gasteiger partial charge is 0.481 e. The molecule has 2 heterocycles. The van der Waals surface area contributed by atoms with Crippen molar-refractivity contribution in [3.05, 3.63) is 23.3 Å². The summed E-state index contributed by atoms with van der Waals surface area (Å²) in [4.78, 5) is 12.0. The van der Waals surface area contributed by atoms with E-state index in [0.29, 0.717) is 44.7 Å². The highest BCUT2D eigenvalue weighted by Crippen LogP contribution is 2.68. The van der Waals surface area contributed by atoms with Crippen LogP contribution in [0.3, 0.4) is 0 Å². The fraction of sp³-hybridized carbons (Fsp3) is 0.792. The Hall–Kier alpha value is -1.21. The predicted molar refractivity (Wildman–Crippen MR) is 108 cm³/mol. The van der Waals surface area contributed by atoms with Gasteiger partial charge in [-0.15, -0.1) is 0 Å². The molecule has 6 heteroatoms. The highest BCUT2D eigenvalue weighted by atomic mass is 16.7. The number of carboxylic acid groups (broad SMARTS) is 1. The molecule has 6 aliphatic rings. The summed E-state index contributed by atoms with van der Waals surface area (Å²) in [6, 6.07) is 0. The Morgan fingerprint density at radius 3 is 2.53 bits per heavy atom. The van der Waals surface area contributed by atoms with Crippen LogP contribution in [-0.4, -0.2) is 49.1 Å². The van der Waals surface area contributed by atoms with Gasteiger partial charge >= 0.3 is 5.97 Å². The molecule has 4 fully saturated rings. The number of hydrogen-bond donors (Lipinski definition) is 1. The average molecular weight is 417 g/mol. The highest BCUT2D eigenvalue weighted by molar-refractivity contribution is 5.70. The molecular formula is C24H32O6. The van der Waals surface area contributed by atoms with Crippen LogP contribution in [0.1, 0.15) is 58.3 Å². The fourth-order valence-corrected chi connectivity index (χ4v) is 7.93. The zero-order valence-corrected chi connectivity index (χ0v) is 17.8. The zero-order chi connectivity index (χ0) is 20.6. The number of carbonyl (C=O) groups is 1. The number of ether oxygens (including phenoxy) is 4. The predicted octanol–water partition coefficient (Wildman–Crippen LogP) is 3.81. The molecule has 6 rings (SSSR count). The van der Waals surface area contributed by atoms with E-state index in [1.54, 1.807) is 0 Å². The number of carboxylic acids is 1. The molecule has 0 amide bonds. The van der Waals surface area contributed by atoms with E-state index in [1.165, 1.54) is 11.1 Å². The van der Waals surface area contributed by atoms with Crippen LogP contribution in [0.4, 0.5) is 0 Å². The maximum absolute atomic E-state index is 12.0. The first-order valence-corrected chi connectivity index (χ1v) is 11.6. The third-order valence-electron chi connectivity index (χ3n) is 9.30. The van der Waals surface area contributed by atoms with Crippen molar-refractivity contribution < 1.29 is 28.8 Å². The third kappa shape index (κ3) is 2.42. The summed E-state index contributed by atoms with van der Waals surface area (Å²) in [7, 11) is 0. The Bertz CT molecular complexity index is 818. The first-order valence-electron chi connectivity index (χ1n) is 11.6. The third-order valence-corrected chi connectivity index (χ3v) is 9.30. The van der Waals surface area contributed by atoms with Crippen LogP contribution in [-0.2, 0) is 23.7 Å². The Kier molecular flexibility index (Phi) is 4.16. The van der Waals surface area contributed by atoms with Gasteiger partial charge in [0.05, 0.1) is 32.8 Å². The van der Waals surface area contributed by atoms with Crippen LogP contribution in [0.2, 0.25) is 0 Å². The SMILES string of the molecule is C[C@]12CC=C3[C@@H](CC=C4CC5(CC[C@@]43CC(=O)O)OCCO5)[C@@H]1CCC21OCCO1. The smallest absolute Gasteiger partial charge is 0.304 e. The van der Waals surface area contributed by atoms with Gasteiger partial charge in [-0.25, -0.2) is 0 Å². The van der Waals surface area contributed by atoms with Gasteiger partial charge in [-0.3, -0.25) is 4.79 Å². The van der Waals surface area contributed by atoms with Gasteiger partial charge in [0.15, 0.2) is 11.6 Å². The molecule has 2 saturated carbocycles. The van der Waals surface area contributed by atoms with Crippen molar-refractivity contribution in [3.8, 4) is 0 Å². The molecule has 0 radical (unpaired) electrons. The van der Waals surface area contributed by atoms with Crippen molar-refractivity contribution in [1.82, 2.24) is 0 Å². The van der Waals surface area contributed by atoms with E-state index < -0.39 is 17.5 Å². The topological polar surface area (TPSA) is 74.2 Å². The van der Waals surface area contributed by atoms with E-state index in [-0.39, 0.29) is 17.3 Å². The van der Waals surface area contributed by atoms with Gasteiger partial charge in [0.2, 0.25) is 0 Å². The first-order chi connectivity index (χ1) is 14.4. The molecular weight excluding hydrogens is 384 g/mol. The van der Waals surface area contributed by atoms with E-state index in [1.807, 2.05) is 0 Å². The Labute approximate surface area is 177 Å². The molecule has 0 aromatic heterocycles. The molecule has 4 atom stereocenters. The van der Waals surface area contributed by atoms with Gasteiger partial charge in [0, 0.05) is 30.1 Å². The van der Waals surface area contributed by atoms with Crippen LogP contribution >= 0.6 is 0 Å². The van der Waals surface area contributed by atoms with Crippen molar-refractivity contribution in [1.29, 1.82) is 0 Å². The van der Waals surface area contributed by atoms with Gasteiger partial charge in [-0.05, 0) is 37.5 Å². The minimum absolute atomic E-state index is 0.0407. The van der Waals surface area contributed by atoms with Gasteiger partial charge in [-0.1, -0.05) is 30.2 Å². The van der Waals surface area contributed by atoms with Gasteiger partial charge < -0.3 is 24.1 Å². The number of allylic oxidation sites excluding steroid dienone is 3. The van der Waals surface area contributed by atoms with E-state index in [2.05, 4.69) is 19.1 Å². The Morgan fingerprint density at radius 1 is 1.07 bits per heavy atom. The molecule has 4 aliphatic carbocycles. The molecule has 2 saturated heterocycles. The van der Waals surface area contributed by atoms with Crippen molar-refractivity contribution in [2.24, 2.45) is 22.7 Å². The second kappa shape index (κ2) is 6.41. The number of rotatable bonds is 2. The number of fused-ring (bicyclic) bond motifs is 6. The molecule has 0 aromatic rings. The van der Waals surface area contributed by atoms with Gasteiger partial charge in [-0.2, -0.15) is 0 Å². The van der Waals surface area contributed by atoms with Crippen molar-refractivity contribution in [2.75, 3.05) is 26.4 Å². The second-order valence-electron chi connectivity index (χ2n) is 10.4. The van der Waals surface area contributed by atoms with Crippen LogP contribution in [0.5, 0.6) is 0 Å². The Morgan fingerprint density at radius 2 is 1.80 bits per heavy atom. The van der Waals surface area contributed by atoms with Crippen LogP contribution in [0.15, 0.2) is 23.3 Å². The standard InChI is InChI=1S/C24H32O6/c1-21-6-4-19-17(18(21)5-7-24(21)29-12-13-30-24)3-2-16-14-23(27-10-11-28-23)9-8-22(16,19)15-20(25)26/h2,4,17-18H,3,5-15H2,1H3,(H,25,26)/t17-,18-,21-,22+/m0/s1. The summed E-state index contributed by atoms with van der Waals surface area (Å²) in [5.74, 6) is -0.864. The monoisotopic (exact) mass is 416 g/mol. The fourth-order valence-electron chi connectivity index (χ4n) is 7.93. The van der Waals surface area contributed by atoms with Gasteiger partial charge in [0.1, 0.15) is 0 Å². The van der Waals surface area contributed by atoms with Crippen molar-refractivity contribution in [2.45, 2.75) is 69.9 Å². The lowest BCUT2D eigenvalue weighted by Gasteiger charge is -2.56. The normalized spacial score (nSPS) is 43.1. The van der Waals surface area contributed by atoms with Crippen LogP contribution < -0.4 is 0 Å². The number of hydrogen-bond acceptors (Lipinski definition) is 5. The van der Waals surface area contributed by atoms with Crippen LogP contribution in [0.25, 0.3) is 0 Å². The van der Waals surface area contributed by atoms with Crippen LogP contribution in [0, 0.1) is 22.7 Å². The summed E-state index contributed by atoms with van der Waals surface area (Å²) in [6.45, 7) is 4.96. The lowest BCUT2D eigenvalue weighted by Crippen LogP contribution is -2.53. The minimum atomic E-state index is -0.717. The first kappa shape index (κ1) is 19.5. The zero-order valence-electron chi connectivity index (χ0n) is 17.8. The van der Waals surface area contributed by atoms with Crippen molar-refractivity contribution in [3.63, 3.8) is 0 Å². The molecule has 0 bridgehead atoms. The summed E-state index contributed by atoms with van der Waals surface area (Å²) in [5, 5.41) is 9.90. The molecule has 6 nitrogen and oxygen atoms in total. The molecule has 2 aliphatic heterocycles. The number of aliphatic carboxylic acids is 1. The highest BCUT2D eigenvalue weighted by Gasteiger charge is 2.66. The van der Waals surface area contributed by atoms with E-state index in [0.717, 1.165) is 38.5 Å². The van der Waals surface area contributed by atoms with E-state index >= 15 is 0 Å². The maximum Gasteiger partial charge on any atom is 0.304 e. The Balaban J connectivity index is 1.40. The van der Waals surface area contributed by atoms with Gasteiger partial charge in [0.25, 0.3) is 0 Å². The molecule has 164 valence electrons. The molecule has 2 spiro atoms. The quantitative estimate of drug-likeness (QED) is 0.690. The summed E-state index contributed by atoms with van der Waals surface area (Å²) < 4.78 is 24.4. The molecule has 1 N–H and O–H groups in total. The second-order valence-corrected chi connectivity index (χ2v) is 10.4. The lowest BCUT2D eigenvalue weighted by molar-refractivity contribution is -0.228.